The highest BCUT2D eigenvalue weighted by molar-refractivity contribution is 5.27. The van der Waals surface area contributed by atoms with Crippen LogP contribution >= 0.6 is 0 Å². The van der Waals surface area contributed by atoms with Crippen molar-refractivity contribution in [2.45, 2.75) is 32.9 Å². The van der Waals surface area contributed by atoms with Gasteiger partial charge in [0.1, 0.15) is 0 Å². The Kier molecular flexibility index (Phi) is 4.10. The van der Waals surface area contributed by atoms with Gasteiger partial charge in [-0.1, -0.05) is 6.07 Å². The topological polar surface area (TPSA) is 53.9 Å². The molecule has 0 radical (unpaired) electrons. The molecule has 1 fully saturated rings. The van der Waals surface area contributed by atoms with Crippen molar-refractivity contribution in [3.05, 3.63) is 47.5 Å². The maximum absolute atomic E-state index is 4.41. The standard InChI is InChI=1S/C16H21N5/c1-12-5-8-18-16(19-12)20-15-6-9-21(11-15)10-14-4-3-7-17-13(14)2/h3-5,7-8,15H,6,9-11H2,1-2H3,(H,18,19,20). The average molecular weight is 283 g/mol. The molecule has 0 aromatic carbocycles. The lowest BCUT2D eigenvalue weighted by molar-refractivity contribution is 0.327. The van der Waals surface area contributed by atoms with Crippen LogP contribution in [-0.4, -0.2) is 39.0 Å². The van der Waals surface area contributed by atoms with Crippen LogP contribution in [0.3, 0.4) is 0 Å². The molecular weight excluding hydrogens is 262 g/mol. The number of pyridine rings is 1. The number of aromatic nitrogens is 3. The smallest absolute Gasteiger partial charge is 0.223 e. The third-order valence-electron chi connectivity index (χ3n) is 3.91. The number of nitrogens with one attached hydrogen (secondary N) is 1. The minimum Gasteiger partial charge on any atom is -0.350 e. The first-order valence-electron chi connectivity index (χ1n) is 7.40. The Balaban J connectivity index is 1.57. The SMILES string of the molecule is Cc1ccnc(NC2CCN(Cc3cccnc3C)C2)n1. The van der Waals surface area contributed by atoms with Crippen LogP contribution in [0.25, 0.3) is 0 Å². The summed E-state index contributed by atoms with van der Waals surface area (Å²) in [4.78, 5) is 15.5. The first-order valence-corrected chi connectivity index (χ1v) is 7.40. The van der Waals surface area contributed by atoms with E-state index in [1.54, 1.807) is 6.20 Å². The van der Waals surface area contributed by atoms with Crippen molar-refractivity contribution >= 4 is 5.95 Å². The fourth-order valence-corrected chi connectivity index (χ4v) is 2.72. The van der Waals surface area contributed by atoms with E-state index in [4.69, 9.17) is 0 Å². The highest BCUT2D eigenvalue weighted by atomic mass is 15.2. The quantitative estimate of drug-likeness (QED) is 0.932. The van der Waals surface area contributed by atoms with E-state index >= 15 is 0 Å². The summed E-state index contributed by atoms with van der Waals surface area (Å²) in [5.74, 6) is 0.736. The van der Waals surface area contributed by atoms with Crippen molar-refractivity contribution in [3.63, 3.8) is 0 Å². The number of aryl methyl sites for hydroxylation is 2. The molecule has 0 aliphatic carbocycles. The fourth-order valence-electron chi connectivity index (χ4n) is 2.72. The Morgan fingerprint density at radius 2 is 2.14 bits per heavy atom. The van der Waals surface area contributed by atoms with Crippen LogP contribution in [0.2, 0.25) is 0 Å². The van der Waals surface area contributed by atoms with Crippen LogP contribution in [0.15, 0.2) is 30.6 Å². The van der Waals surface area contributed by atoms with Gasteiger partial charge in [0.05, 0.1) is 0 Å². The lowest BCUT2D eigenvalue weighted by Crippen LogP contribution is -2.27. The van der Waals surface area contributed by atoms with Gasteiger partial charge in [-0.25, -0.2) is 9.97 Å². The predicted octanol–water partition coefficient (Wildman–Crippen LogP) is 2.17. The Morgan fingerprint density at radius 1 is 1.24 bits per heavy atom. The van der Waals surface area contributed by atoms with Crippen molar-refractivity contribution in [3.8, 4) is 0 Å². The van der Waals surface area contributed by atoms with Crippen LogP contribution in [0, 0.1) is 13.8 Å². The molecule has 1 aliphatic heterocycles. The van der Waals surface area contributed by atoms with E-state index < -0.39 is 0 Å². The van der Waals surface area contributed by atoms with E-state index in [0.29, 0.717) is 6.04 Å². The van der Waals surface area contributed by atoms with Crippen LogP contribution in [0.1, 0.15) is 23.4 Å². The Bertz CT molecular complexity index is 613. The molecule has 1 N–H and O–H groups in total. The average Bonchev–Trinajstić information content (AvgIpc) is 2.89. The molecule has 0 amide bonds. The number of likely N-dealkylation sites (tertiary alicyclic amines) is 1. The van der Waals surface area contributed by atoms with Crippen molar-refractivity contribution in [1.82, 2.24) is 19.9 Å². The first-order chi connectivity index (χ1) is 10.2. The lowest BCUT2D eigenvalue weighted by Gasteiger charge is -2.17. The van der Waals surface area contributed by atoms with Gasteiger partial charge in [-0.15, -0.1) is 0 Å². The summed E-state index contributed by atoms with van der Waals surface area (Å²) >= 11 is 0. The molecule has 5 nitrogen and oxygen atoms in total. The number of anilines is 1. The highest BCUT2D eigenvalue weighted by Crippen LogP contribution is 2.17. The summed E-state index contributed by atoms with van der Waals surface area (Å²) in [7, 11) is 0. The molecule has 0 saturated carbocycles. The Hall–Kier alpha value is -2.01. The molecule has 1 unspecified atom stereocenters. The van der Waals surface area contributed by atoms with Crippen molar-refractivity contribution in [2.75, 3.05) is 18.4 Å². The second kappa shape index (κ2) is 6.18. The Labute approximate surface area is 125 Å². The maximum Gasteiger partial charge on any atom is 0.223 e. The molecule has 2 aromatic heterocycles. The molecule has 2 aromatic rings. The molecule has 3 rings (SSSR count). The van der Waals surface area contributed by atoms with Gasteiger partial charge in [-0.2, -0.15) is 0 Å². The molecule has 21 heavy (non-hydrogen) atoms. The van der Waals surface area contributed by atoms with E-state index in [2.05, 4.69) is 38.2 Å². The Morgan fingerprint density at radius 3 is 2.95 bits per heavy atom. The normalized spacial score (nSPS) is 18.9. The molecule has 1 aliphatic rings. The summed E-state index contributed by atoms with van der Waals surface area (Å²) in [5.41, 5.74) is 3.43. The minimum absolute atomic E-state index is 0.420. The van der Waals surface area contributed by atoms with Gasteiger partial charge in [0.2, 0.25) is 5.95 Å². The molecule has 3 heterocycles. The van der Waals surface area contributed by atoms with Crippen molar-refractivity contribution in [1.29, 1.82) is 0 Å². The predicted molar refractivity (Wildman–Crippen MR) is 83.0 cm³/mol. The van der Waals surface area contributed by atoms with Gasteiger partial charge in [0, 0.05) is 49.5 Å². The maximum atomic E-state index is 4.41. The fraction of sp³-hybridized carbons (Fsp3) is 0.438. The third-order valence-corrected chi connectivity index (χ3v) is 3.91. The van der Waals surface area contributed by atoms with Gasteiger partial charge in [-0.05, 0) is 38.0 Å². The number of nitrogens with zero attached hydrogens (tertiary/aromatic N) is 4. The molecule has 1 atom stereocenters. The molecule has 110 valence electrons. The van der Waals surface area contributed by atoms with Crippen LogP contribution in [0.4, 0.5) is 5.95 Å². The molecule has 0 spiro atoms. The van der Waals surface area contributed by atoms with E-state index in [1.807, 2.05) is 25.3 Å². The molecule has 5 heteroatoms. The van der Waals surface area contributed by atoms with Gasteiger partial charge < -0.3 is 5.32 Å². The van der Waals surface area contributed by atoms with Crippen LogP contribution < -0.4 is 5.32 Å². The minimum atomic E-state index is 0.420. The summed E-state index contributed by atoms with van der Waals surface area (Å²) in [6.07, 6.45) is 4.77. The molecular formula is C16H21N5. The van der Waals surface area contributed by atoms with E-state index in [-0.39, 0.29) is 0 Å². The second-order valence-corrected chi connectivity index (χ2v) is 5.63. The lowest BCUT2D eigenvalue weighted by atomic mass is 10.2. The molecule has 0 bridgehead atoms. The number of rotatable bonds is 4. The van der Waals surface area contributed by atoms with Crippen LogP contribution in [-0.2, 0) is 6.54 Å². The van der Waals surface area contributed by atoms with Gasteiger partial charge in [0.15, 0.2) is 0 Å². The number of hydrogen-bond donors (Lipinski definition) is 1. The van der Waals surface area contributed by atoms with E-state index in [9.17, 15) is 0 Å². The summed E-state index contributed by atoms with van der Waals surface area (Å²) in [6, 6.07) is 6.50. The zero-order chi connectivity index (χ0) is 14.7. The molecule has 1 saturated heterocycles. The summed E-state index contributed by atoms with van der Waals surface area (Å²) in [5, 5.41) is 3.43. The highest BCUT2D eigenvalue weighted by Gasteiger charge is 2.23. The van der Waals surface area contributed by atoms with Gasteiger partial charge in [0.25, 0.3) is 0 Å². The van der Waals surface area contributed by atoms with Gasteiger partial charge >= 0.3 is 0 Å². The van der Waals surface area contributed by atoms with Crippen molar-refractivity contribution < 1.29 is 0 Å². The summed E-state index contributed by atoms with van der Waals surface area (Å²) < 4.78 is 0. The first kappa shape index (κ1) is 13.9. The zero-order valence-electron chi connectivity index (χ0n) is 12.6. The monoisotopic (exact) mass is 283 g/mol. The van der Waals surface area contributed by atoms with Crippen molar-refractivity contribution in [2.24, 2.45) is 0 Å². The number of hydrogen-bond acceptors (Lipinski definition) is 5. The van der Waals surface area contributed by atoms with Crippen LogP contribution in [0.5, 0.6) is 0 Å². The summed E-state index contributed by atoms with van der Waals surface area (Å²) in [6.45, 7) is 7.14. The van der Waals surface area contributed by atoms with E-state index in [1.165, 1.54) is 5.56 Å². The second-order valence-electron chi connectivity index (χ2n) is 5.63. The van der Waals surface area contributed by atoms with E-state index in [0.717, 1.165) is 43.4 Å². The largest absolute Gasteiger partial charge is 0.350 e. The van der Waals surface area contributed by atoms with Gasteiger partial charge in [-0.3, -0.25) is 9.88 Å². The zero-order valence-corrected chi connectivity index (χ0v) is 12.6. The third kappa shape index (κ3) is 3.55.